The Balaban J connectivity index is 1.93. The maximum absolute atomic E-state index is 11.7. The van der Waals surface area contributed by atoms with Crippen LogP contribution in [0.3, 0.4) is 0 Å². The highest BCUT2D eigenvalue weighted by molar-refractivity contribution is 9.10. The summed E-state index contributed by atoms with van der Waals surface area (Å²) in [4.78, 5) is 11.7. The van der Waals surface area contributed by atoms with Gasteiger partial charge in [0.15, 0.2) is 0 Å². The van der Waals surface area contributed by atoms with Gasteiger partial charge < -0.3 is 14.8 Å². The Morgan fingerprint density at radius 2 is 2.00 bits per heavy atom. The lowest BCUT2D eigenvalue weighted by Crippen LogP contribution is -2.28. The van der Waals surface area contributed by atoms with Crippen molar-refractivity contribution in [3.63, 3.8) is 0 Å². The first kappa shape index (κ1) is 18.3. The Labute approximate surface area is 147 Å². The van der Waals surface area contributed by atoms with Gasteiger partial charge in [-0.1, -0.05) is 28.1 Å². The van der Waals surface area contributed by atoms with Gasteiger partial charge in [-0.05, 0) is 70.7 Å². The molecule has 2 rings (SSSR count). The zero-order valence-electron chi connectivity index (χ0n) is 14.2. The quantitative estimate of drug-likeness (QED) is 0.780. The largest absolute Gasteiger partial charge is 0.509 e. The van der Waals surface area contributed by atoms with Crippen LogP contribution in [0, 0.1) is 5.92 Å². The maximum atomic E-state index is 11.7. The summed E-state index contributed by atoms with van der Waals surface area (Å²) in [5.74, 6) is 0.733. The number of benzene rings is 1. The summed E-state index contributed by atoms with van der Waals surface area (Å²) < 4.78 is 11.4. The highest BCUT2D eigenvalue weighted by Crippen LogP contribution is 2.24. The Kier molecular flexibility index (Phi) is 6.48. The molecule has 128 valence electrons. The van der Waals surface area contributed by atoms with Crippen molar-refractivity contribution in [1.29, 1.82) is 0 Å². The molecular formula is C18H26BrNO3. The van der Waals surface area contributed by atoms with Crippen molar-refractivity contribution in [2.45, 2.75) is 52.2 Å². The first-order chi connectivity index (χ1) is 10.8. The third-order valence-corrected chi connectivity index (χ3v) is 4.60. The molecule has 0 unspecified atom stereocenters. The number of ether oxygens (including phenoxy) is 2. The zero-order valence-corrected chi connectivity index (χ0v) is 15.7. The molecule has 1 aliphatic heterocycles. The van der Waals surface area contributed by atoms with Gasteiger partial charge in [-0.2, -0.15) is 0 Å². The fraction of sp³-hybridized carbons (Fsp3) is 0.611. The van der Waals surface area contributed by atoms with E-state index in [9.17, 15) is 4.79 Å². The molecule has 1 fully saturated rings. The second kappa shape index (κ2) is 8.15. The van der Waals surface area contributed by atoms with Gasteiger partial charge >= 0.3 is 6.16 Å². The van der Waals surface area contributed by atoms with Gasteiger partial charge in [-0.25, -0.2) is 4.79 Å². The van der Waals surface area contributed by atoms with Crippen LogP contribution < -0.4 is 5.32 Å². The Morgan fingerprint density at radius 1 is 1.30 bits per heavy atom. The molecule has 1 N–H and O–H groups in total. The van der Waals surface area contributed by atoms with E-state index in [-0.39, 0.29) is 6.61 Å². The van der Waals surface area contributed by atoms with Crippen LogP contribution in [0.4, 0.5) is 4.79 Å². The summed E-state index contributed by atoms with van der Waals surface area (Å²) in [6.45, 7) is 7.90. The first-order valence-corrected chi connectivity index (χ1v) is 8.96. The van der Waals surface area contributed by atoms with Crippen LogP contribution in [-0.4, -0.2) is 24.8 Å². The molecule has 0 aromatic heterocycles. The molecule has 1 saturated heterocycles. The van der Waals surface area contributed by atoms with Gasteiger partial charge in [0.1, 0.15) is 12.2 Å². The zero-order chi connectivity index (χ0) is 16.9. The summed E-state index contributed by atoms with van der Waals surface area (Å²) in [6, 6.07) is 6.30. The van der Waals surface area contributed by atoms with Gasteiger partial charge in [0.05, 0.1) is 0 Å². The molecular weight excluding hydrogens is 358 g/mol. The van der Waals surface area contributed by atoms with Crippen molar-refractivity contribution < 1.29 is 14.3 Å². The smallest absolute Gasteiger partial charge is 0.429 e. The van der Waals surface area contributed by atoms with Crippen LogP contribution in [0.25, 0.3) is 0 Å². The minimum Gasteiger partial charge on any atom is -0.429 e. The van der Waals surface area contributed by atoms with Crippen molar-refractivity contribution in [3.8, 4) is 0 Å². The number of nitrogens with one attached hydrogen (secondary N) is 1. The lowest BCUT2D eigenvalue weighted by Gasteiger charge is -2.23. The van der Waals surface area contributed by atoms with Gasteiger partial charge in [0.25, 0.3) is 0 Å². The highest BCUT2D eigenvalue weighted by atomic mass is 79.9. The van der Waals surface area contributed by atoms with Crippen molar-refractivity contribution >= 4 is 22.1 Å². The molecule has 0 amide bonds. The highest BCUT2D eigenvalue weighted by Gasteiger charge is 2.18. The molecule has 0 aliphatic carbocycles. The number of halogens is 1. The lowest BCUT2D eigenvalue weighted by atomic mass is 9.90. The molecule has 1 aromatic rings. The van der Waals surface area contributed by atoms with Crippen LogP contribution in [0.1, 0.15) is 44.7 Å². The molecule has 23 heavy (non-hydrogen) atoms. The fourth-order valence-corrected chi connectivity index (χ4v) is 3.06. The van der Waals surface area contributed by atoms with Crippen LogP contribution >= 0.6 is 15.9 Å². The third kappa shape index (κ3) is 6.51. The average molecular weight is 384 g/mol. The van der Waals surface area contributed by atoms with Crippen LogP contribution in [0.2, 0.25) is 0 Å². The molecule has 0 spiro atoms. The van der Waals surface area contributed by atoms with E-state index in [2.05, 4.69) is 33.4 Å². The summed E-state index contributed by atoms with van der Waals surface area (Å²) in [5, 5.41) is 3.39. The van der Waals surface area contributed by atoms with Crippen LogP contribution in [0.15, 0.2) is 22.7 Å². The minimum atomic E-state index is -0.631. The van der Waals surface area contributed by atoms with E-state index in [1.54, 1.807) is 0 Å². The Hall–Kier alpha value is -1.07. The lowest BCUT2D eigenvalue weighted by molar-refractivity contribution is -0.0108. The van der Waals surface area contributed by atoms with E-state index in [1.807, 2.05) is 26.8 Å². The third-order valence-electron chi connectivity index (χ3n) is 3.83. The normalized spacial score (nSPS) is 16.2. The standard InChI is InChI=1S/C18H26BrNO3/c1-18(2,3)23-17(21)22-12-15-11-14(4-5-16(15)19)10-13-6-8-20-9-7-13/h4-5,11,13,20H,6-10,12H2,1-3H3. The summed E-state index contributed by atoms with van der Waals surface area (Å²) in [5.41, 5.74) is 1.73. The topological polar surface area (TPSA) is 47.6 Å². The minimum absolute atomic E-state index is 0.218. The molecule has 0 saturated carbocycles. The van der Waals surface area contributed by atoms with Crippen molar-refractivity contribution in [1.82, 2.24) is 5.32 Å². The molecule has 5 heteroatoms. The molecule has 1 heterocycles. The van der Waals surface area contributed by atoms with E-state index in [0.717, 1.165) is 35.5 Å². The number of carbonyl (C=O) groups excluding carboxylic acids is 1. The molecule has 0 radical (unpaired) electrons. The monoisotopic (exact) mass is 383 g/mol. The number of piperidine rings is 1. The van der Waals surface area contributed by atoms with Crippen LogP contribution in [-0.2, 0) is 22.5 Å². The van der Waals surface area contributed by atoms with E-state index in [0.29, 0.717) is 0 Å². The summed E-state index contributed by atoms with van der Waals surface area (Å²) >= 11 is 3.53. The van der Waals surface area contributed by atoms with Gasteiger partial charge in [-0.3, -0.25) is 0 Å². The SMILES string of the molecule is CC(C)(C)OC(=O)OCc1cc(CC2CCNCC2)ccc1Br. The van der Waals surface area contributed by atoms with E-state index in [4.69, 9.17) is 9.47 Å². The molecule has 1 aliphatic rings. The second-order valence-electron chi connectivity index (χ2n) is 7.08. The van der Waals surface area contributed by atoms with E-state index in [1.165, 1.54) is 18.4 Å². The Bertz CT molecular complexity index is 534. The van der Waals surface area contributed by atoms with Crippen molar-refractivity contribution in [3.05, 3.63) is 33.8 Å². The van der Waals surface area contributed by atoms with Gasteiger partial charge in [0, 0.05) is 10.0 Å². The van der Waals surface area contributed by atoms with E-state index < -0.39 is 11.8 Å². The predicted molar refractivity (Wildman–Crippen MR) is 94.5 cm³/mol. The number of hydrogen-bond acceptors (Lipinski definition) is 4. The maximum Gasteiger partial charge on any atom is 0.509 e. The first-order valence-electron chi connectivity index (χ1n) is 8.17. The predicted octanol–water partition coefficient (Wildman–Crippen LogP) is 4.44. The van der Waals surface area contributed by atoms with Crippen molar-refractivity contribution in [2.24, 2.45) is 5.92 Å². The number of carbonyl (C=O) groups is 1. The molecule has 0 bridgehead atoms. The fourth-order valence-electron chi connectivity index (χ4n) is 2.70. The van der Waals surface area contributed by atoms with Crippen LogP contribution in [0.5, 0.6) is 0 Å². The van der Waals surface area contributed by atoms with Crippen molar-refractivity contribution in [2.75, 3.05) is 13.1 Å². The van der Waals surface area contributed by atoms with Gasteiger partial charge in [0.2, 0.25) is 0 Å². The molecule has 4 nitrogen and oxygen atoms in total. The summed E-state index contributed by atoms with van der Waals surface area (Å²) in [7, 11) is 0. The molecule has 1 aromatic carbocycles. The summed E-state index contributed by atoms with van der Waals surface area (Å²) in [6.07, 6.45) is 2.89. The van der Waals surface area contributed by atoms with E-state index >= 15 is 0 Å². The van der Waals surface area contributed by atoms with Gasteiger partial charge in [-0.15, -0.1) is 0 Å². The average Bonchev–Trinajstić information content (AvgIpc) is 2.47. The number of hydrogen-bond donors (Lipinski definition) is 1. The Morgan fingerprint density at radius 3 is 2.65 bits per heavy atom. The molecule has 0 atom stereocenters. The second-order valence-corrected chi connectivity index (χ2v) is 7.93. The number of rotatable bonds is 4.